The highest BCUT2D eigenvalue weighted by molar-refractivity contribution is 7.04. The predicted molar refractivity (Wildman–Crippen MR) is 32.3 cm³/mol. The third-order valence-corrected chi connectivity index (χ3v) is 1.46. The summed E-state index contributed by atoms with van der Waals surface area (Å²) >= 11 is 6.28. The summed E-state index contributed by atoms with van der Waals surface area (Å²) in [6.07, 6.45) is 1.44. The van der Waals surface area contributed by atoms with Crippen LogP contribution in [0.2, 0.25) is 0 Å². The number of aromatic nitrogens is 1. The number of carbonyl (C=O) groups excluding carboxylic acids is 1. The van der Waals surface area contributed by atoms with Crippen molar-refractivity contribution in [3.63, 3.8) is 0 Å². The Balaban J connectivity index is 2.93. The Morgan fingerprint density at radius 3 is 2.88 bits per heavy atom. The Morgan fingerprint density at radius 2 is 2.62 bits per heavy atom. The number of hydrogen-bond acceptors (Lipinski definition) is 3. The van der Waals surface area contributed by atoms with Gasteiger partial charge in [-0.2, -0.15) is 0 Å². The van der Waals surface area contributed by atoms with Crippen LogP contribution in [0.15, 0.2) is 11.6 Å². The van der Waals surface area contributed by atoms with E-state index in [9.17, 15) is 4.79 Å². The second-order valence-corrected chi connectivity index (χ2v) is 2.19. The molecule has 0 bridgehead atoms. The first-order chi connectivity index (χ1) is 3.80. The van der Waals surface area contributed by atoms with Gasteiger partial charge in [0, 0.05) is 5.38 Å². The fraction of sp³-hybridized carbons (Fsp3) is 0. The van der Waals surface area contributed by atoms with E-state index in [1.54, 1.807) is 5.38 Å². The smallest absolute Gasteiger partial charge is 0.254 e. The number of carbonyl (C=O) groups is 1. The molecule has 8 heavy (non-hydrogen) atoms. The molecule has 0 aliphatic rings. The van der Waals surface area contributed by atoms with Crippen LogP contribution >= 0.6 is 23.1 Å². The van der Waals surface area contributed by atoms with E-state index in [0.717, 1.165) is 0 Å². The quantitative estimate of drug-likeness (QED) is 0.564. The Labute approximate surface area is 55.3 Å². The summed E-state index contributed by atoms with van der Waals surface area (Å²) in [5.74, 6) is 0. The first kappa shape index (κ1) is 5.72. The van der Waals surface area contributed by atoms with Gasteiger partial charge in [-0.25, -0.2) is 4.37 Å². The molecular formula is C4H2ClNOS. The van der Waals surface area contributed by atoms with E-state index in [0.29, 0.717) is 5.56 Å². The molecule has 1 rings (SSSR count). The Bertz CT molecular complexity index is 184. The number of nitrogens with zero attached hydrogens (tertiary/aromatic N) is 1. The lowest BCUT2D eigenvalue weighted by Crippen LogP contribution is -1.80. The van der Waals surface area contributed by atoms with Gasteiger partial charge in [0.25, 0.3) is 5.24 Å². The van der Waals surface area contributed by atoms with Crippen LogP contribution in [-0.4, -0.2) is 9.62 Å². The van der Waals surface area contributed by atoms with Crippen molar-refractivity contribution in [3.05, 3.63) is 17.1 Å². The van der Waals surface area contributed by atoms with Gasteiger partial charge in [0.15, 0.2) is 0 Å². The molecule has 0 atom stereocenters. The van der Waals surface area contributed by atoms with Crippen molar-refractivity contribution >= 4 is 28.4 Å². The van der Waals surface area contributed by atoms with Crippen LogP contribution in [0.1, 0.15) is 10.4 Å². The van der Waals surface area contributed by atoms with Crippen molar-refractivity contribution < 1.29 is 4.79 Å². The molecule has 4 heteroatoms. The highest BCUT2D eigenvalue weighted by Gasteiger charge is 1.99. The number of hydrogen-bond donors (Lipinski definition) is 0. The maximum absolute atomic E-state index is 10.2. The first-order valence-corrected chi connectivity index (χ1v) is 3.11. The van der Waals surface area contributed by atoms with Crippen LogP contribution in [0.5, 0.6) is 0 Å². The van der Waals surface area contributed by atoms with Crippen LogP contribution in [0, 0.1) is 0 Å². The van der Waals surface area contributed by atoms with E-state index < -0.39 is 5.24 Å². The summed E-state index contributed by atoms with van der Waals surface area (Å²) in [6.45, 7) is 0. The van der Waals surface area contributed by atoms with E-state index in [-0.39, 0.29) is 0 Å². The summed E-state index contributed by atoms with van der Waals surface area (Å²) < 4.78 is 3.68. The van der Waals surface area contributed by atoms with Gasteiger partial charge in [-0.1, -0.05) is 0 Å². The molecule has 1 aromatic rings. The summed E-state index contributed by atoms with van der Waals surface area (Å²) in [5, 5.41) is 1.16. The lowest BCUT2D eigenvalue weighted by molar-refractivity contribution is 0.108. The predicted octanol–water partition coefficient (Wildman–Crippen LogP) is 1.52. The topological polar surface area (TPSA) is 30.0 Å². The summed E-state index contributed by atoms with van der Waals surface area (Å²) in [6, 6.07) is 0. The fourth-order valence-corrected chi connectivity index (χ4v) is 0.987. The molecule has 1 heterocycles. The first-order valence-electron chi connectivity index (χ1n) is 1.90. The summed E-state index contributed by atoms with van der Waals surface area (Å²) in [5.41, 5.74) is 0.469. The van der Waals surface area contributed by atoms with E-state index >= 15 is 0 Å². The summed E-state index contributed by atoms with van der Waals surface area (Å²) in [4.78, 5) is 10.2. The maximum Gasteiger partial charge on any atom is 0.254 e. The molecule has 42 valence electrons. The molecule has 0 saturated carbocycles. The molecule has 0 unspecified atom stereocenters. The van der Waals surface area contributed by atoms with Crippen molar-refractivity contribution in [2.45, 2.75) is 0 Å². The zero-order valence-electron chi connectivity index (χ0n) is 3.80. The largest absolute Gasteiger partial charge is 0.276 e. The van der Waals surface area contributed by atoms with Gasteiger partial charge in [-0.15, -0.1) is 0 Å². The Morgan fingerprint density at radius 1 is 1.88 bits per heavy atom. The van der Waals surface area contributed by atoms with E-state index in [4.69, 9.17) is 11.6 Å². The Kier molecular flexibility index (Phi) is 1.60. The lowest BCUT2D eigenvalue weighted by Gasteiger charge is -1.75. The molecule has 0 saturated heterocycles. The van der Waals surface area contributed by atoms with Gasteiger partial charge >= 0.3 is 0 Å². The van der Waals surface area contributed by atoms with Crippen molar-refractivity contribution in [1.29, 1.82) is 0 Å². The Hall–Kier alpha value is -0.410. The molecule has 0 amide bonds. The van der Waals surface area contributed by atoms with Crippen molar-refractivity contribution in [1.82, 2.24) is 4.37 Å². The van der Waals surface area contributed by atoms with E-state index in [1.807, 2.05) is 0 Å². The average molecular weight is 148 g/mol. The normalized spacial score (nSPS) is 9.12. The molecule has 0 aliphatic carbocycles. The van der Waals surface area contributed by atoms with E-state index in [1.165, 1.54) is 17.7 Å². The monoisotopic (exact) mass is 147 g/mol. The molecule has 0 spiro atoms. The number of halogens is 1. The van der Waals surface area contributed by atoms with Crippen LogP contribution in [0.3, 0.4) is 0 Å². The SMILES string of the molecule is O=C(Cl)c1cnsc1. The zero-order chi connectivity index (χ0) is 5.98. The number of rotatable bonds is 1. The molecule has 0 aromatic carbocycles. The molecule has 0 fully saturated rings. The zero-order valence-corrected chi connectivity index (χ0v) is 5.37. The summed E-state index contributed by atoms with van der Waals surface area (Å²) in [7, 11) is 0. The standard InChI is InChI=1S/C4H2ClNOS/c5-4(7)3-1-6-8-2-3/h1-2H. The fourth-order valence-electron chi connectivity index (χ4n) is 0.302. The minimum Gasteiger partial charge on any atom is -0.276 e. The highest BCUT2D eigenvalue weighted by atomic mass is 35.5. The third-order valence-electron chi connectivity index (χ3n) is 0.659. The second kappa shape index (κ2) is 2.24. The molecular weight excluding hydrogens is 146 g/mol. The highest BCUT2D eigenvalue weighted by Crippen LogP contribution is 2.03. The molecule has 0 radical (unpaired) electrons. The molecule has 0 N–H and O–H groups in total. The van der Waals surface area contributed by atoms with Gasteiger partial charge < -0.3 is 0 Å². The van der Waals surface area contributed by atoms with Crippen LogP contribution in [0.25, 0.3) is 0 Å². The maximum atomic E-state index is 10.2. The lowest BCUT2D eigenvalue weighted by atomic mass is 10.4. The van der Waals surface area contributed by atoms with Crippen LogP contribution in [-0.2, 0) is 0 Å². The van der Waals surface area contributed by atoms with Crippen LogP contribution < -0.4 is 0 Å². The molecule has 1 aromatic heterocycles. The molecule has 2 nitrogen and oxygen atoms in total. The minimum absolute atomic E-state index is 0.446. The van der Waals surface area contributed by atoms with Gasteiger partial charge in [0.2, 0.25) is 0 Å². The van der Waals surface area contributed by atoms with Gasteiger partial charge in [-0.05, 0) is 23.1 Å². The minimum atomic E-state index is -0.446. The second-order valence-electron chi connectivity index (χ2n) is 1.19. The van der Waals surface area contributed by atoms with Crippen molar-refractivity contribution in [3.8, 4) is 0 Å². The van der Waals surface area contributed by atoms with Gasteiger partial charge in [0.05, 0.1) is 11.8 Å². The van der Waals surface area contributed by atoms with Crippen molar-refractivity contribution in [2.24, 2.45) is 0 Å². The van der Waals surface area contributed by atoms with Gasteiger partial charge in [0.1, 0.15) is 0 Å². The van der Waals surface area contributed by atoms with Gasteiger partial charge in [-0.3, -0.25) is 4.79 Å². The third kappa shape index (κ3) is 1.05. The van der Waals surface area contributed by atoms with Crippen molar-refractivity contribution in [2.75, 3.05) is 0 Å². The van der Waals surface area contributed by atoms with Crippen LogP contribution in [0.4, 0.5) is 0 Å². The average Bonchev–Trinajstić information content (AvgIpc) is 2.12. The van der Waals surface area contributed by atoms with E-state index in [2.05, 4.69) is 4.37 Å². The molecule has 0 aliphatic heterocycles.